The van der Waals surface area contributed by atoms with E-state index in [9.17, 15) is 5.11 Å². The smallest absolute Gasteiger partial charge is 0.214 e. The minimum atomic E-state index is -1.13. The van der Waals surface area contributed by atoms with Crippen molar-refractivity contribution in [1.82, 2.24) is 0 Å². The molecule has 1 aromatic rings. The number of furan rings is 1. The van der Waals surface area contributed by atoms with Gasteiger partial charge in [-0.1, -0.05) is 13.2 Å². The average Bonchev–Trinajstić information content (AvgIpc) is 2.82. The van der Waals surface area contributed by atoms with Crippen LogP contribution in [0.5, 0.6) is 0 Å². The van der Waals surface area contributed by atoms with Crippen LogP contribution in [0, 0.1) is 0 Å². The molecule has 1 heterocycles. The molecule has 1 N–H and O–H groups in total. The summed E-state index contributed by atoms with van der Waals surface area (Å²) in [5.41, 5.74) is 0. The van der Waals surface area contributed by atoms with Crippen LogP contribution in [0.15, 0.2) is 42.2 Å². The lowest BCUT2D eigenvalue weighted by molar-refractivity contribution is -0.134. The zero-order chi connectivity index (χ0) is 13.4. The number of aliphatic hydroxyl groups is 1. The third kappa shape index (κ3) is 4.65. The Labute approximate surface area is 106 Å². The molecule has 0 fully saturated rings. The number of hydrogen-bond donors (Lipinski definition) is 1. The number of hydrogen-bond acceptors (Lipinski definition) is 5. The molecule has 18 heavy (non-hydrogen) atoms. The Morgan fingerprint density at radius 1 is 1.39 bits per heavy atom. The molecule has 0 spiro atoms. The second-order valence-electron chi connectivity index (χ2n) is 3.58. The summed E-state index contributed by atoms with van der Waals surface area (Å²) in [6.45, 7) is 9.17. The zero-order valence-corrected chi connectivity index (χ0v) is 10.4. The zero-order valence-electron chi connectivity index (χ0n) is 10.4. The summed E-state index contributed by atoms with van der Waals surface area (Å²) in [5.74, 6) is 0.909. The van der Waals surface area contributed by atoms with E-state index in [4.69, 9.17) is 18.6 Å². The van der Waals surface area contributed by atoms with E-state index in [2.05, 4.69) is 13.2 Å². The number of aliphatic hydroxyl groups excluding tert-OH is 1. The van der Waals surface area contributed by atoms with Crippen LogP contribution >= 0.6 is 0 Å². The topological polar surface area (TPSA) is 61.1 Å². The van der Waals surface area contributed by atoms with Gasteiger partial charge in [-0.15, -0.1) is 0 Å². The van der Waals surface area contributed by atoms with Crippen LogP contribution in [0.1, 0.15) is 24.7 Å². The van der Waals surface area contributed by atoms with Crippen molar-refractivity contribution in [3.8, 4) is 0 Å². The van der Waals surface area contributed by atoms with Crippen molar-refractivity contribution in [3.63, 3.8) is 0 Å². The molecule has 0 aliphatic heterocycles. The first kappa shape index (κ1) is 14.3. The molecule has 0 aromatic carbocycles. The molecule has 1 rings (SSSR count). The fraction of sp³-hybridized carbons (Fsp3) is 0.385. The van der Waals surface area contributed by atoms with E-state index in [-0.39, 0.29) is 19.3 Å². The Kier molecular flexibility index (Phi) is 6.04. The van der Waals surface area contributed by atoms with E-state index < -0.39 is 6.29 Å². The molecule has 0 saturated carbocycles. The van der Waals surface area contributed by atoms with Crippen LogP contribution in [-0.2, 0) is 20.8 Å². The highest BCUT2D eigenvalue weighted by Crippen LogP contribution is 2.18. The van der Waals surface area contributed by atoms with Crippen molar-refractivity contribution in [1.29, 1.82) is 0 Å². The SMILES string of the molecule is C=COCc1ccc(C(O)OCC(C)OC=C)o1. The van der Waals surface area contributed by atoms with Crippen LogP contribution < -0.4 is 0 Å². The van der Waals surface area contributed by atoms with Crippen LogP contribution in [0.4, 0.5) is 0 Å². The lowest BCUT2D eigenvalue weighted by Crippen LogP contribution is -2.15. The van der Waals surface area contributed by atoms with E-state index in [0.717, 1.165) is 0 Å². The summed E-state index contributed by atoms with van der Waals surface area (Å²) in [6, 6.07) is 3.33. The third-order valence-electron chi connectivity index (χ3n) is 2.09. The summed E-state index contributed by atoms with van der Waals surface area (Å²) < 4.78 is 20.5. The molecule has 2 atom stereocenters. The molecule has 100 valence electrons. The Morgan fingerprint density at radius 2 is 2.17 bits per heavy atom. The first-order valence-electron chi connectivity index (χ1n) is 5.54. The Morgan fingerprint density at radius 3 is 2.83 bits per heavy atom. The summed E-state index contributed by atoms with van der Waals surface area (Å²) in [6.07, 6.45) is 1.34. The van der Waals surface area contributed by atoms with Crippen LogP contribution in [-0.4, -0.2) is 17.8 Å². The van der Waals surface area contributed by atoms with Gasteiger partial charge in [0.15, 0.2) is 5.76 Å². The first-order valence-corrected chi connectivity index (χ1v) is 5.54. The summed E-state index contributed by atoms with van der Waals surface area (Å²) in [7, 11) is 0. The van der Waals surface area contributed by atoms with E-state index in [1.165, 1.54) is 12.5 Å². The molecule has 0 aliphatic rings. The molecular weight excluding hydrogens is 236 g/mol. The van der Waals surface area contributed by atoms with Crippen molar-refractivity contribution in [3.05, 3.63) is 49.3 Å². The molecule has 5 nitrogen and oxygen atoms in total. The van der Waals surface area contributed by atoms with Gasteiger partial charge in [0, 0.05) is 0 Å². The Balaban J connectivity index is 2.40. The van der Waals surface area contributed by atoms with Gasteiger partial charge >= 0.3 is 0 Å². The molecule has 0 amide bonds. The normalized spacial score (nSPS) is 13.7. The van der Waals surface area contributed by atoms with Gasteiger partial charge in [0.1, 0.15) is 18.5 Å². The van der Waals surface area contributed by atoms with Crippen LogP contribution in [0.2, 0.25) is 0 Å². The Hall–Kier alpha value is -1.72. The van der Waals surface area contributed by atoms with Gasteiger partial charge < -0.3 is 23.7 Å². The molecule has 0 saturated heterocycles. The van der Waals surface area contributed by atoms with Crippen molar-refractivity contribution in [2.45, 2.75) is 25.9 Å². The standard InChI is InChI=1S/C13H18O5/c1-4-15-9-11-6-7-12(18-11)13(14)17-8-10(3)16-5-2/h4-7,10,13-14H,1-2,8-9H2,3H3. The van der Waals surface area contributed by atoms with Gasteiger partial charge in [-0.05, 0) is 19.1 Å². The van der Waals surface area contributed by atoms with Gasteiger partial charge in [0.2, 0.25) is 6.29 Å². The quantitative estimate of drug-likeness (QED) is 0.542. The van der Waals surface area contributed by atoms with E-state index in [1.807, 2.05) is 0 Å². The maximum Gasteiger partial charge on any atom is 0.214 e. The molecule has 1 aromatic heterocycles. The van der Waals surface area contributed by atoms with Crippen molar-refractivity contribution < 1.29 is 23.7 Å². The highest BCUT2D eigenvalue weighted by atomic mass is 16.6. The molecule has 5 heteroatoms. The predicted molar refractivity (Wildman–Crippen MR) is 65.3 cm³/mol. The third-order valence-corrected chi connectivity index (χ3v) is 2.09. The second kappa shape index (κ2) is 7.58. The van der Waals surface area contributed by atoms with E-state index >= 15 is 0 Å². The highest BCUT2D eigenvalue weighted by Gasteiger charge is 2.14. The fourth-order valence-corrected chi connectivity index (χ4v) is 1.26. The fourth-order valence-electron chi connectivity index (χ4n) is 1.26. The molecule has 0 bridgehead atoms. The first-order chi connectivity index (χ1) is 8.67. The Bertz CT molecular complexity index is 371. The van der Waals surface area contributed by atoms with Crippen molar-refractivity contribution >= 4 is 0 Å². The molecule has 0 aliphatic carbocycles. The number of ether oxygens (including phenoxy) is 3. The lowest BCUT2D eigenvalue weighted by atomic mass is 10.4. The van der Waals surface area contributed by atoms with Gasteiger partial charge in [0.05, 0.1) is 19.1 Å². The lowest BCUT2D eigenvalue weighted by Gasteiger charge is -2.14. The van der Waals surface area contributed by atoms with E-state index in [1.54, 1.807) is 19.1 Å². The van der Waals surface area contributed by atoms with E-state index in [0.29, 0.717) is 11.5 Å². The van der Waals surface area contributed by atoms with Gasteiger partial charge in [-0.3, -0.25) is 0 Å². The summed E-state index contributed by atoms with van der Waals surface area (Å²) in [4.78, 5) is 0. The van der Waals surface area contributed by atoms with Gasteiger partial charge in [0.25, 0.3) is 0 Å². The summed E-state index contributed by atoms with van der Waals surface area (Å²) >= 11 is 0. The van der Waals surface area contributed by atoms with Gasteiger partial charge in [-0.25, -0.2) is 0 Å². The maximum absolute atomic E-state index is 9.72. The van der Waals surface area contributed by atoms with Gasteiger partial charge in [-0.2, -0.15) is 0 Å². The van der Waals surface area contributed by atoms with Crippen molar-refractivity contribution in [2.75, 3.05) is 6.61 Å². The highest BCUT2D eigenvalue weighted by molar-refractivity contribution is 5.07. The second-order valence-corrected chi connectivity index (χ2v) is 3.58. The van der Waals surface area contributed by atoms with Crippen LogP contribution in [0.3, 0.4) is 0 Å². The monoisotopic (exact) mass is 254 g/mol. The minimum Gasteiger partial charge on any atom is -0.497 e. The molecular formula is C13H18O5. The predicted octanol–water partition coefficient (Wildman–Crippen LogP) is 2.50. The number of rotatable bonds is 9. The molecule has 2 unspecified atom stereocenters. The van der Waals surface area contributed by atoms with Crippen LogP contribution in [0.25, 0.3) is 0 Å². The summed E-state index contributed by atoms with van der Waals surface area (Å²) in [5, 5.41) is 9.72. The molecule has 0 radical (unpaired) electrons. The average molecular weight is 254 g/mol. The largest absolute Gasteiger partial charge is 0.497 e. The van der Waals surface area contributed by atoms with Crippen molar-refractivity contribution in [2.24, 2.45) is 0 Å². The maximum atomic E-state index is 9.72. The minimum absolute atomic E-state index is 0.185.